The van der Waals surface area contributed by atoms with Crippen LogP contribution in [0.4, 0.5) is 4.39 Å². The Morgan fingerprint density at radius 1 is 1.40 bits per heavy atom. The quantitative estimate of drug-likeness (QED) is 0.415. The van der Waals surface area contributed by atoms with E-state index in [2.05, 4.69) is 12.8 Å². The molecule has 55 valence electrons. The highest BCUT2D eigenvalue weighted by atomic mass is 19.1. The lowest BCUT2D eigenvalue weighted by Gasteiger charge is -1.88. The molecule has 0 fully saturated rings. The number of allylic oxidation sites excluding steroid dienone is 2. The van der Waals surface area contributed by atoms with Crippen LogP contribution in [0.25, 0.3) is 0 Å². The van der Waals surface area contributed by atoms with Gasteiger partial charge in [-0.1, -0.05) is 25.8 Å². The smallest absolute Gasteiger partial charge is 0.110 e. The molecule has 0 unspecified atom stereocenters. The van der Waals surface area contributed by atoms with Crippen LogP contribution >= 0.6 is 0 Å². The Balaban J connectivity index is 3.08. The lowest BCUT2D eigenvalue weighted by Crippen LogP contribution is -1.69. The van der Waals surface area contributed by atoms with Gasteiger partial charge >= 0.3 is 0 Å². The largest absolute Gasteiger partial charge is 0.144 e. The van der Waals surface area contributed by atoms with E-state index in [9.17, 15) is 4.39 Å². The molecule has 0 aliphatic rings. The SMILES string of the molecule is [CH2]CCCC/C=C/C#CF. The summed E-state index contributed by atoms with van der Waals surface area (Å²) >= 11 is 0. The van der Waals surface area contributed by atoms with Crippen molar-refractivity contribution in [2.45, 2.75) is 25.7 Å². The molecule has 0 aromatic heterocycles. The first-order valence-corrected chi connectivity index (χ1v) is 3.47. The molecular weight excluding hydrogens is 127 g/mol. The van der Waals surface area contributed by atoms with Crippen molar-refractivity contribution >= 4 is 0 Å². The normalized spacial score (nSPS) is 9.40. The third-order valence-corrected chi connectivity index (χ3v) is 1.13. The van der Waals surface area contributed by atoms with Gasteiger partial charge in [-0.3, -0.25) is 0 Å². The van der Waals surface area contributed by atoms with E-state index in [0.29, 0.717) is 0 Å². The highest BCUT2D eigenvalue weighted by molar-refractivity contribution is 5.11. The van der Waals surface area contributed by atoms with Gasteiger partial charge in [0.1, 0.15) is 6.17 Å². The Morgan fingerprint density at radius 2 is 2.20 bits per heavy atom. The van der Waals surface area contributed by atoms with Gasteiger partial charge in [0.15, 0.2) is 0 Å². The summed E-state index contributed by atoms with van der Waals surface area (Å²) in [6.45, 7) is 3.71. The van der Waals surface area contributed by atoms with E-state index < -0.39 is 0 Å². The molecule has 0 spiro atoms. The van der Waals surface area contributed by atoms with Gasteiger partial charge in [-0.25, -0.2) is 0 Å². The van der Waals surface area contributed by atoms with Crippen molar-refractivity contribution in [3.8, 4) is 12.1 Å². The van der Waals surface area contributed by atoms with E-state index in [0.717, 1.165) is 25.7 Å². The molecule has 0 rings (SSSR count). The predicted octanol–water partition coefficient (Wildman–Crippen LogP) is 2.87. The fourth-order valence-electron chi connectivity index (χ4n) is 0.613. The van der Waals surface area contributed by atoms with E-state index >= 15 is 0 Å². The molecule has 0 nitrogen and oxygen atoms in total. The van der Waals surface area contributed by atoms with Gasteiger partial charge in [0.25, 0.3) is 0 Å². The fourth-order valence-corrected chi connectivity index (χ4v) is 0.613. The minimum absolute atomic E-state index is 0.975. The van der Waals surface area contributed by atoms with Crippen molar-refractivity contribution in [1.29, 1.82) is 0 Å². The van der Waals surface area contributed by atoms with Gasteiger partial charge in [-0.05, 0) is 24.8 Å². The van der Waals surface area contributed by atoms with Gasteiger partial charge in [-0.15, -0.1) is 4.39 Å². The lowest BCUT2D eigenvalue weighted by molar-refractivity contribution is 0.760. The second-order valence-electron chi connectivity index (χ2n) is 1.99. The molecule has 0 saturated heterocycles. The molecule has 0 aliphatic carbocycles. The first-order valence-electron chi connectivity index (χ1n) is 3.47. The molecule has 10 heavy (non-hydrogen) atoms. The zero-order valence-electron chi connectivity index (χ0n) is 6.07. The van der Waals surface area contributed by atoms with Crippen molar-refractivity contribution < 1.29 is 4.39 Å². The number of unbranched alkanes of at least 4 members (excludes halogenated alkanes) is 3. The second kappa shape index (κ2) is 8.23. The van der Waals surface area contributed by atoms with Crippen LogP contribution in [-0.2, 0) is 0 Å². The van der Waals surface area contributed by atoms with Gasteiger partial charge < -0.3 is 0 Å². The lowest BCUT2D eigenvalue weighted by atomic mass is 10.2. The third kappa shape index (κ3) is 7.23. The summed E-state index contributed by atoms with van der Waals surface area (Å²) < 4.78 is 11.1. The Kier molecular flexibility index (Phi) is 7.60. The second-order valence-corrected chi connectivity index (χ2v) is 1.99. The summed E-state index contributed by atoms with van der Waals surface area (Å²) in [7, 11) is 0. The third-order valence-electron chi connectivity index (χ3n) is 1.13. The van der Waals surface area contributed by atoms with Crippen molar-refractivity contribution in [2.24, 2.45) is 0 Å². The summed E-state index contributed by atoms with van der Waals surface area (Å²) in [5.41, 5.74) is 0. The molecular formula is C9H12F. The minimum atomic E-state index is 0.975. The van der Waals surface area contributed by atoms with Gasteiger partial charge in [-0.2, -0.15) is 0 Å². The minimum Gasteiger partial charge on any atom is -0.144 e. The van der Waals surface area contributed by atoms with Crippen molar-refractivity contribution in [3.05, 3.63) is 19.1 Å². The van der Waals surface area contributed by atoms with E-state index in [1.165, 1.54) is 6.17 Å². The molecule has 0 atom stereocenters. The number of halogens is 1. The van der Waals surface area contributed by atoms with Crippen molar-refractivity contribution in [2.75, 3.05) is 0 Å². The van der Waals surface area contributed by atoms with E-state index in [4.69, 9.17) is 0 Å². The van der Waals surface area contributed by atoms with Crippen LogP contribution in [0.15, 0.2) is 12.2 Å². The Bertz CT molecular complexity index is 137. The molecule has 0 N–H and O–H groups in total. The number of hydrogen-bond donors (Lipinski definition) is 0. The topological polar surface area (TPSA) is 0 Å². The van der Waals surface area contributed by atoms with Crippen LogP contribution < -0.4 is 0 Å². The summed E-state index contributed by atoms with van der Waals surface area (Å²) in [6.07, 6.45) is 8.93. The van der Waals surface area contributed by atoms with E-state index in [1.54, 1.807) is 6.08 Å². The van der Waals surface area contributed by atoms with E-state index in [1.807, 2.05) is 6.08 Å². The predicted molar refractivity (Wildman–Crippen MR) is 41.8 cm³/mol. The van der Waals surface area contributed by atoms with Crippen LogP contribution in [0.5, 0.6) is 0 Å². The summed E-state index contributed by atoms with van der Waals surface area (Å²) in [5, 5.41) is 0. The summed E-state index contributed by atoms with van der Waals surface area (Å²) in [5.74, 6) is 2.21. The molecule has 0 bridgehead atoms. The molecule has 0 aliphatic heterocycles. The maximum absolute atomic E-state index is 11.1. The maximum atomic E-state index is 11.1. The van der Waals surface area contributed by atoms with Gasteiger partial charge in [0.05, 0.1) is 0 Å². The van der Waals surface area contributed by atoms with Crippen molar-refractivity contribution in [1.82, 2.24) is 0 Å². The molecule has 0 heterocycles. The first kappa shape index (κ1) is 9.23. The Labute approximate surface area is 62.1 Å². The Morgan fingerprint density at radius 3 is 2.80 bits per heavy atom. The zero-order valence-corrected chi connectivity index (χ0v) is 6.07. The van der Waals surface area contributed by atoms with Crippen LogP contribution in [-0.4, -0.2) is 0 Å². The highest BCUT2D eigenvalue weighted by Gasteiger charge is 1.79. The zero-order chi connectivity index (χ0) is 7.66. The van der Waals surface area contributed by atoms with Gasteiger partial charge in [0, 0.05) is 0 Å². The van der Waals surface area contributed by atoms with Crippen LogP contribution in [0.1, 0.15) is 25.7 Å². The van der Waals surface area contributed by atoms with Crippen LogP contribution in [0.3, 0.4) is 0 Å². The molecule has 0 aromatic rings. The highest BCUT2D eigenvalue weighted by Crippen LogP contribution is 1.98. The van der Waals surface area contributed by atoms with Crippen LogP contribution in [0.2, 0.25) is 0 Å². The molecule has 0 aromatic carbocycles. The first-order chi connectivity index (χ1) is 4.91. The summed E-state index contributed by atoms with van der Waals surface area (Å²) in [6, 6.07) is 0. The average Bonchev–Trinajstić information content (AvgIpc) is 1.97. The maximum Gasteiger partial charge on any atom is 0.110 e. The van der Waals surface area contributed by atoms with Crippen molar-refractivity contribution in [3.63, 3.8) is 0 Å². The average molecular weight is 139 g/mol. The van der Waals surface area contributed by atoms with Gasteiger partial charge in [0.2, 0.25) is 0 Å². The number of rotatable bonds is 4. The van der Waals surface area contributed by atoms with Crippen LogP contribution in [0, 0.1) is 19.0 Å². The molecule has 1 radical (unpaired) electrons. The molecule has 0 saturated carbocycles. The summed E-state index contributed by atoms with van der Waals surface area (Å²) in [4.78, 5) is 0. The standard InChI is InChI=1S/C9H12F/c1-2-3-4-5-6-7-8-9-10/h6-7H,1-5H2/b7-6+. The fraction of sp³-hybridized carbons (Fsp3) is 0.444. The van der Waals surface area contributed by atoms with E-state index in [-0.39, 0.29) is 0 Å². The monoisotopic (exact) mass is 139 g/mol. The number of hydrogen-bond acceptors (Lipinski definition) is 0. The Hall–Kier alpha value is -0.770. The molecule has 0 amide bonds. The molecule has 1 heteroatoms.